The predicted molar refractivity (Wildman–Crippen MR) is 187 cm³/mol. The Morgan fingerprint density at radius 2 is 1.88 bits per heavy atom. The first-order valence-electron chi connectivity index (χ1n) is 17.1. The van der Waals surface area contributed by atoms with Gasteiger partial charge in [0.25, 0.3) is 5.91 Å². The molecular formula is C35H46N6O9S. The third-order valence-corrected chi connectivity index (χ3v) is 12.2. The Hall–Kier alpha value is -4.73. The fraction of sp³-hybridized carbons (Fsp3) is 0.543. The number of allylic oxidation sites excluding steroid dienone is 1. The number of nitrogens with one attached hydrogen (secondary N) is 3. The van der Waals surface area contributed by atoms with Crippen molar-refractivity contribution in [3.8, 4) is 11.6 Å². The number of amides is 4. The smallest absolute Gasteiger partial charge is 0.405 e. The minimum atomic E-state index is -4.00. The molecule has 2 aromatic rings. The van der Waals surface area contributed by atoms with Gasteiger partial charge in [-0.05, 0) is 64.5 Å². The normalized spacial score (nSPS) is 23.8. The standard InChI is InChI=1S/C35H46N6O9S/c1-6-8-9-10-11-12-26(38-33(45)46)31(43)41-20-24(50-30-21(3)36-25-14-13-23(49-5)17-27(25)37-30)18-28(41)29(42)39-35(19-22(35)7-2)32(44)40-51(47,48)34(4)15-16-34/h6-7,13-14,17,22,24,26,28,38H,1-2,8-12,15-16,18-20H2,3-5H3,(H,39,42)(H,40,44)(H,45,46)/t22-,24-,26?,28+,35-/m1/s1. The zero-order valence-corrected chi connectivity index (χ0v) is 30.0. The molecule has 1 saturated heterocycles. The molecule has 2 saturated carbocycles. The average molecular weight is 727 g/mol. The number of carboxylic acid groups (broad SMARTS) is 1. The Balaban J connectivity index is 1.41. The third-order valence-electron chi connectivity index (χ3n) is 10.0. The van der Waals surface area contributed by atoms with Crippen molar-refractivity contribution in [3.63, 3.8) is 0 Å². The molecule has 276 valence electrons. The van der Waals surface area contributed by atoms with Gasteiger partial charge in [-0.3, -0.25) is 19.1 Å². The van der Waals surface area contributed by atoms with Gasteiger partial charge in [0.15, 0.2) is 0 Å². The van der Waals surface area contributed by atoms with Crippen LogP contribution in [0, 0.1) is 12.8 Å². The van der Waals surface area contributed by atoms with Crippen molar-refractivity contribution < 1.29 is 42.2 Å². The lowest BCUT2D eigenvalue weighted by Gasteiger charge is -2.29. The Kier molecular flexibility index (Phi) is 10.9. The van der Waals surface area contributed by atoms with Gasteiger partial charge < -0.3 is 30.1 Å². The molecule has 5 rings (SSSR count). The fourth-order valence-electron chi connectivity index (χ4n) is 6.42. The van der Waals surface area contributed by atoms with Crippen LogP contribution in [0.1, 0.15) is 70.4 Å². The van der Waals surface area contributed by atoms with Crippen LogP contribution in [0.2, 0.25) is 0 Å². The Labute approximate surface area is 297 Å². The van der Waals surface area contributed by atoms with Crippen LogP contribution in [-0.4, -0.2) is 94.3 Å². The predicted octanol–water partition coefficient (Wildman–Crippen LogP) is 3.13. The number of aromatic nitrogens is 2. The van der Waals surface area contributed by atoms with Gasteiger partial charge in [0, 0.05) is 18.4 Å². The summed E-state index contributed by atoms with van der Waals surface area (Å²) in [6, 6.07) is 2.87. The summed E-state index contributed by atoms with van der Waals surface area (Å²) >= 11 is 0. The number of methoxy groups -OCH3 is 1. The summed E-state index contributed by atoms with van der Waals surface area (Å²) in [6.07, 6.45) is 5.09. The summed E-state index contributed by atoms with van der Waals surface area (Å²) in [6.45, 7) is 10.6. The van der Waals surface area contributed by atoms with Crippen molar-refractivity contribution in [1.82, 2.24) is 30.2 Å². The maximum absolute atomic E-state index is 14.1. The van der Waals surface area contributed by atoms with Gasteiger partial charge in [-0.1, -0.05) is 25.0 Å². The van der Waals surface area contributed by atoms with E-state index >= 15 is 0 Å². The number of ether oxygens (including phenoxy) is 2. The van der Waals surface area contributed by atoms with E-state index in [-0.39, 0.29) is 31.7 Å². The van der Waals surface area contributed by atoms with Crippen LogP contribution in [0.5, 0.6) is 11.6 Å². The molecule has 1 aliphatic heterocycles. The molecule has 4 amide bonds. The molecule has 2 heterocycles. The quantitative estimate of drug-likeness (QED) is 0.138. The van der Waals surface area contributed by atoms with Crippen LogP contribution < -0.4 is 24.8 Å². The molecule has 0 bridgehead atoms. The number of rotatable bonds is 17. The number of hydrogen-bond acceptors (Lipinski definition) is 10. The van der Waals surface area contributed by atoms with Crippen LogP contribution in [0.15, 0.2) is 43.5 Å². The van der Waals surface area contributed by atoms with Gasteiger partial charge in [0.2, 0.25) is 27.7 Å². The first-order valence-corrected chi connectivity index (χ1v) is 18.6. The van der Waals surface area contributed by atoms with Gasteiger partial charge in [-0.15, -0.1) is 13.2 Å². The topological polar surface area (TPSA) is 206 Å². The number of carbonyl (C=O) groups is 4. The van der Waals surface area contributed by atoms with Crippen molar-refractivity contribution in [1.29, 1.82) is 0 Å². The molecule has 51 heavy (non-hydrogen) atoms. The Bertz CT molecular complexity index is 1830. The van der Waals surface area contributed by atoms with Gasteiger partial charge in [0.05, 0.1) is 29.4 Å². The lowest BCUT2D eigenvalue weighted by atomic mass is 10.0. The number of hydrogen-bond donors (Lipinski definition) is 4. The minimum Gasteiger partial charge on any atom is -0.497 e. The van der Waals surface area contributed by atoms with Crippen molar-refractivity contribution in [2.75, 3.05) is 13.7 Å². The number of unbranched alkanes of at least 4 members (excludes halogenated alkanes) is 3. The van der Waals surface area contributed by atoms with E-state index in [0.29, 0.717) is 41.7 Å². The first kappa shape index (κ1) is 37.5. The van der Waals surface area contributed by atoms with Crippen LogP contribution in [0.4, 0.5) is 4.79 Å². The molecule has 1 aromatic heterocycles. The van der Waals surface area contributed by atoms with Gasteiger partial charge in [-0.2, -0.15) is 0 Å². The number of benzene rings is 1. The molecule has 5 atom stereocenters. The van der Waals surface area contributed by atoms with E-state index in [1.165, 1.54) is 18.1 Å². The number of aryl methyl sites for hydroxylation is 1. The van der Waals surface area contributed by atoms with Crippen molar-refractivity contribution in [3.05, 3.63) is 49.2 Å². The van der Waals surface area contributed by atoms with Crippen LogP contribution >= 0.6 is 0 Å². The van der Waals surface area contributed by atoms with Gasteiger partial charge >= 0.3 is 6.09 Å². The van der Waals surface area contributed by atoms with E-state index in [4.69, 9.17) is 9.47 Å². The fourth-order valence-corrected chi connectivity index (χ4v) is 7.73. The van der Waals surface area contributed by atoms with E-state index in [1.54, 1.807) is 38.1 Å². The largest absolute Gasteiger partial charge is 0.497 e. The zero-order valence-electron chi connectivity index (χ0n) is 29.1. The molecule has 1 aromatic carbocycles. The highest BCUT2D eigenvalue weighted by atomic mass is 32.2. The minimum absolute atomic E-state index is 0.0270. The first-order chi connectivity index (χ1) is 24.2. The van der Waals surface area contributed by atoms with Crippen molar-refractivity contribution in [2.24, 2.45) is 5.92 Å². The van der Waals surface area contributed by atoms with E-state index in [2.05, 4.69) is 38.5 Å². The SMILES string of the molecule is C=CCCCCCC(NC(=O)O)C(=O)N1C[C@H](Oc2nc3cc(OC)ccc3nc2C)C[C@H]1C(=O)N[C@]1(C(=O)NS(=O)(=O)C2(C)CC2)C[C@H]1C=C. The maximum atomic E-state index is 14.1. The van der Waals surface area contributed by atoms with E-state index < -0.39 is 68.2 Å². The summed E-state index contributed by atoms with van der Waals surface area (Å²) < 4.78 is 38.5. The molecule has 0 radical (unpaired) electrons. The van der Waals surface area contributed by atoms with E-state index in [9.17, 15) is 32.7 Å². The molecule has 3 aliphatic rings. The molecular weight excluding hydrogens is 680 g/mol. The number of sulfonamides is 1. The number of likely N-dealkylation sites (tertiary alicyclic amines) is 1. The molecule has 3 fully saturated rings. The summed E-state index contributed by atoms with van der Waals surface area (Å²) in [5.74, 6) is -2.02. The highest BCUT2D eigenvalue weighted by Crippen LogP contribution is 2.47. The maximum Gasteiger partial charge on any atom is 0.405 e. The summed E-state index contributed by atoms with van der Waals surface area (Å²) in [4.78, 5) is 64.0. The summed E-state index contributed by atoms with van der Waals surface area (Å²) in [5, 5.41) is 14.7. The summed E-state index contributed by atoms with van der Waals surface area (Å²) in [5.41, 5.74) is -0.00564. The third kappa shape index (κ3) is 8.10. The average Bonchev–Trinajstić information content (AvgIpc) is 3.97. The zero-order chi connectivity index (χ0) is 37.1. The lowest BCUT2D eigenvalue weighted by molar-refractivity contribution is -0.141. The molecule has 1 unspecified atom stereocenters. The van der Waals surface area contributed by atoms with Crippen molar-refractivity contribution >= 4 is 44.9 Å². The van der Waals surface area contributed by atoms with Crippen LogP contribution in [0.25, 0.3) is 11.0 Å². The van der Waals surface area contributed by atoms with Crippen LogP contribution in [-0.2, 0) is 24.4 Å². The highest BCUT2D eigenvalue weighted by molar-refractivity contribution is 7.91. The second kappa shape index (κ2) is 14.9. The molecule has 0 spiro atoms. The van der Waals surface area contributed by atoms with E-state index in [0.717, 1.165) is 19.3 Å². The number of fused-ring (bicyclic) bond motifs is 1. The lowest BCUT2D eigenvalue weighted by Crippen LogP contribution is -2.58. The van der Waals surface area contributed by atoms with Crippen LogP contribution in [0.3, 0.4) is 0 Å². The molecule has 2 aliphatic carbocycles. The summed E-state index contributed by atoms with van der Waals surface area (Å²) in [7, 11) is -2.47. The second-order valence-electron chi connectivity index (χ2n) is 13.8. The second-order valence-corrected chi connectivity index (χ2v) is 16.0. The van der Waals surface area contributed by atoms with Crippen molar-refractivity contribution in [2.45, 2.75) is 100 Å². The number of carbonyl (C=O) groups excluding carboxylic acids is 3. The Morgan fingerprint density at radius 3 is 2.51 bits per heavy atom. The Morgan fingerprint density at radius 1 is 1.14 bits per heavy atom. The molecule has 16 heteroatoms. The highest BCUT2D eigenvalue weighted by Gasteiger charge is 2.63. The van der Waals surface area contributed by atoms with Gasteiger partial charge in [-0.25, -0.2) is 23.2 Å². The molecule has 4 N–H and O–H groups in total. The monoisotopic (exact) mass is 726 g/mol. The molecule has 15 nitrogen and oxygen atoms in total. The van der Waals surface area contributed by atoms with E-state index in [1.807, 2.05) is 0 Å². The van der Waals surface area contributed by atoms with Gasteiger partial charge in [0.1, 0.15) is 35.2 Å². The number of nitrogens with zero attached hydrogens (tertiary/aromatic N) is 3.